The van der Waals surface area contributed by atoms with Gasteiger partial charge >= 0.3 is 0 Å². The van der Waals surface area contributed by atoms with Gasteiger partial charge in [0.25, 0.3) is 0 Å². The number of aryl methyl sites for hydroxylation is 2. The summed E-state index contributed by atoms with van der Waals surface area (Å²) >= 11 is 0. The number of hydrogen-bond donors (Lipinski definition) is 1. The molecule has 4 nitrogen and oxygen atoms in total. The average Bonchev–Trinajstić information content (AvgIpc) is 3.46. The minimum atomic E-state index is -0.225. The number of nitrogens with zero attached hydrogens (tertiary/aromatic N) is 1. The van der Waals surface area contributed by atoms with Gasteiger partial charge in [-0.3, -0.25) is 4.79 Å². The zero-order chi connectivity index (χ0) is 21.6. The molecular formula is C27H37NO3. The van der Waals surface area contributed by atoms with Crippen LogP contribution in [0.25, 0.3) is 0 Å². The first kappa shape index (κ1) is 22.3. The minimum absolute atomic E-state index is 0.133. The lowest BCUT2D eigenvalue weighted by atomic mass is 9.89. The average molecular weight is 424 g/mol. The highest BCUT2D eigenvalue weighted by Gasteiger charge is 2.43. The van der Waals surface area contributed by atoms with E-state index in [0.29, 0.717) is 18.4 Å². The molecule has 0 bridgehead atoms. The van der Waals surface area contributed by atoms with Crippen LogP contribution in [0.3, 0.4) is 0 Å². The Morgan fingerprint density at radius 2 is 2.10 bits per heavy atom. The fraction of sp³-hybridized carbons (Fsp3) is 0.593. The Kier molecular flexibility index (Phi) is 7.62. The monoisotopic (exact) mass is 423 g/mol. The molecule has 0 unspecified atom stereocenters. The topological polar surface area (TPSA) is 49.8 Å². The number of fused-ring (bicyclic) bond motifs is 1. The number of likely N-dealkylation sites (tertiary alicyclic amines) is 1. The maximum Gasteiger partial charge on any atom is 0.248 e. The minimum Gasteiger partial charge on any atom is -0.392 e. The first-order valence-corrected chi connectivity index (χ1v) is 12.1. The van der Waals surface area contributed by atoms with E-state index in [4.69, 9.17) is 4.74 Å². The lowest BCUT2D eigenvalue weighted by Crippen LogP contribution is -2.31. The molecule has 4 rings (SSSR count). The number of carbonyl (C=O) groups is 1. The number of allylic oxidation sites excluding steroid dienone is 2. The Bertz CT molecular complexity index is 808. The molecule has 1 N–H and O–H groups in total. The molecule has 4 atom stereocenters. The van der Waals surface area contributed by atoms with Crippen molar-refractivity contribution >= 4 is 5.91 Å². The molecule has 1 aromatic rings. The Hall–Kier alpha value is -1.91. The van der Waals surface area contributed by atoms with Crippen LogP contribution in [0, 0.1) is 24.7 Å². The molecule has 0 aromatic heterocycles. The van der Waals surface area contributed by atoms with Crippen LogP contribution in [0.1, 0.15) is 49.7 Å². The molecule has 0 spiro atoms. The first-order valence-electron chi connectivity index (χ1n) is 12.1. The van der Waals surface area contributed by atoms with Crippen molar-refractivity contribution in [2.45, 2.75) is 58.0 Å². The molecular weight excluding hydrogens is 386 g/mol. The van der Waals surface area contributed by atoms with Crippen LogP contribution in [0.2, 0.25) is 0 Å². The Morgan fingerprint density at radius 3 is 2.90 bits per heavy atom. The van der Waals surface area contributed by atoms with Gasteiger partial charge in [0.2, 0.25) is 5.91 Å². The van der Waals surface area contributed by atoms with Gasteiger partial charge in [-0.2, -0.15) is 0 Å². The Balaban J connectivity index is 1.18. The number of hydrogen-bond acceptors (Lipinski definition) is 3. The summed E-state index contributed by atoms with van der Waals surface area (Å²) in [6, 6.07) is 8.70. The molecule has 1 aromatic carbocycles. The van der Waals surface area contributed by atoms with Crippen LogP contribution >= 0.6 is 0 Å². The third-order valence-corrected chi connectivity index (χ3v) is 7.24. The Morgan fingerprint density at radius 1 is 1.26 bits per heavy atom. The Labute approximate surface area is 187 Å². The van der Waals surface area contributed by atoms with Crippen molar-refractivity contribution in [2.75, 3.05) is 26.3 Å². The molecule has 1 heterocycles. The molecule has 1 saturated carbocycles. The number of benzene rings is 1. The maximum absolute atomic E-state index is 12.1. The number of aliphatic hydroxyl groups is 1. The van der Waals surface area contributed by atoms with Crippen molar-refractivity contribution in [3.63, 3.8) is 0 Å². The standard InChI is InChI=1S/C27H37NO3/c1-20-7-6-9-21(15-20)8-2-3-10-24-25-17-22(16-23(25)18-26(24)29)11-14-31-19-27(30)28-12-4-5-13-28/h3,6-7,9-10,15-16,23-26,29H,2,4-5,8,11-14,17-19H2,1H3/t23-,24+,25-,26+/m0/s1. The third kappa shape index (κ3) is 5.87. The quantitative estimate of drug-likeness (QED) is 0.471. The molecule has 0 radical (unpaired) electrons. The van der Waals surface area contributed by atoms with Crippen LogP contribution in [-0.2, 0) is 16.0 Å². The fourth-order valence-electron chi connectivity index (χ4n) is 5.58. The summed E-state index contributed by atoms with van der Waals surface area (Å²) in [5.41, 5.74) is 4.13. The molecule has 168 valence electrons. The normalized spacial score (nSPS) is 27.8. The van der Waals surface area contributed by atoms with Crippen LogP contribution in [0.5, 0.6) is 0 Å². The summed E-state index contributed by atoms with van der Waals surface area (Å²) < 4.78 is 5.67. The van der Waals surface area contributed by atoms with Gasteiger partial charge in [-0.05, 0) is 69.3 Å². The zero-order valence-electron chi connectivity index (χ0n) is 18.8. The predicted octanol–water partition coefficient (Wildman–Crippen LogP) is 4.46. The SMILES string of the molecule is Cc1cccc(CCC=C[C@@H]2[C@H]3CC(CCOCC(=O)N4CCCC4)=C[C@H]3C[C@H]2O)c1. The summed E-state index contributed by atoms with van der Waals surface area (Å²) in [7, 11) is 0. The second-order valence-electron chi connectivity index (χ2n) is 9.58. The van der Waals surface area contributed by atoms with Crippen molar-refractivity contribution in [1.82, 2.24) is 4.90 Å². The van der Waals surface area contributed by atoms with Crippen molar-refractivity contribution in [3.8, 4) is 0 Å². The molecule has 31 heavy (non-hydrogen) atoms. The van der Waals surface area contributed by atoms with E-state index < -0.39 is 0 Å². The number of aliphatic hydroxyl groups excluding tert-OH is 1. The first-order chi connectivity index (χ1) is 15.1. The van der Waals surface area contributed by atoms with Gasteiger partial charge in [0.15, 0.2) is 0 Å². The number of rotatable bonds is 9. The second kappa shape index (κ2) is 10.6. The van der Waals surface area contributed by atoms with Gasteiger partial charge in [-0.15, -0.1) is 0 Å². The molecule has 1 amide bonds. The fourth-order valence-corrected chi connectivity index (χ4v) is 5.58. The largest absolute Gasteiger partial charge is 0.392 e. The molecule has 2 fully saturated rings. The van der Waals surface area contributed by atoms with Crippen molar-refractivity contribution < 1.29 is 14.6 Å². The smallest absolute Gasteiger partial charge is 0.248 e. The maximum atomic E-state index is 12.1. The summed E-state index contributed by atoms with van der Waals surface area (Å²) in [6.45, 7) is 4.74. The molecule has 1 saturated heterocycles. The van der Waals surface area contributed by atoms with E-state index in [0.717, 1.165) is 58.0 Å². The van der Waals surface area contributed by atoms with E-state index in [1.54, 1.807) is 0 Å². The van der Waals surface area contributed by atoms with Crippen LogP contribution < -0.4 is 0 Å². The summed E-state index contributed by atoms with van der Waals surface area (Å²) in [4.78, 5) is 14.0. The van der Waals surface area contributed by atoms with Crippen LogP contribution in [-0.4, -0.2) is 48.3 Å². The molecule has 1 aliphatic heterocycles. The summed E-state index contributed by atoms with van der Waals surface area (Å²) in [5, 5.41) is 10.6. The van der Waals surface area contributed by atoms with Crippen molar-refractivity contribution in [3.05, 3.63) is 59.2 Å². The van der Waals surface area contributed by atoms with Crippen LogP contribution in [0.4, 0.5) is 0 Å². The lowest BCUT2D eigenvalue weighted by Gasteiger charge is -2.18. The van der Waals surface area contributed by atoms with Gasteiger partial charge in [0, 0.05) is 19.0 Å². The van der Waals surface area contributed by atoms with E-state index in [-0.39, 0.29) is 24.5 Å². The highest BCUT2D eigenvalue weighted by molar-refractivity contribution is 5.77. The summed E-state index contributed by atoms with van der Waals surface area (Å²) in [5.74, 6) is 1.40. The second-order valence-corrected chi connectivity index (χ2v) is 9.58. The highest BCUT2D eigenvalue weighted by Crippen LogP contribution is 2.47. The van der Waals surface area contributed by atoms with Crippen LogP contribution in [0.15, 0.2) is 48.1 Å². The number of ether oxygens (including phenoxy) is 1. The predicted molar refractivity (Wildman–Crippen MR) is 124 cm³/mol. The van der Waals surface area contributed by atoms with Crippen molar-refractivity contribution in [2.24, 2.45) is 17.8 Å². The van der Waals surface area contributed by atoms with E-state index in [2.05, 4.69) is 49.4 Å². The van der Waals surface area contributed by atoms with E-state index >= 15 is 0 Å². The van der Waals surface area contributed by atoms with Gasteiger partial charge in [-0.25, -0.2) is 0 Å². The third-order valence-electron chi connectivity index (χ3n) is 7.24. The van der Waals surface area contributed by atoms with Crippen molar-refractivity contribution in [1.29, 1.82) is 0 Å². The molecule has 3 aliphatic rings. The van der Waals surface area contributed by atoms with Gasteiger partial charge in [0.05, 0.1) is 12.7 Å². The van der Waals surface area contributed by atoms with Gasteiger partial charge < -0.3 is 14.7 Å². The zero-order valence-corrected chi connectivity index (χ0v) is 18.8. The van der Waals surface area contributed by atoms with E-state index in [9.17, 15) is 9.90 Å². The van der Waals surface area contributed by atoms with E-state index in [1.165, 1.54) is 16.7 Å². The number of carbonyl (C=O) groups excluding carboxylic acids is 1. The van der Waals surface area contributed by atoms with Gasteiger partial charge in [0.1, 0.15) is 6.61 Å². The number of amides is 1. The van der Waals surface area contributed by atoms with E-state index in [1.807, 2.05) is 4.90 Å². The summed E-state index contributed by atoms with van der Waals surface area (Å²) in [6.07, 6.45) is 13.8. The van der Waals surface area contributed by atoms with Gasteiger partial charge in [-0.1, -0.05) is 53.6 Å². The molecule has 4 heteroatoms. The molecule has 2 aliphatic carbocycles. The lowest BCUT2D eigenvalue weighted by molar-refractivity contribution is -0.135. The highest BCUT2D eigenvalue weighted by atomic mass is 16.5.